The van der Waals surface area contributed by atoms with Gasteiger partial charge in [-0.1, -0.05) is 6.92 Å². The van der Waals surface area contributed by atoms with Gasteiger partial charge in [-0.3, -0.25) is 0 Å². The number of rotatable bonds is 4. The van der Waals surface area contributed by atoms with Crippen molar-refractivity contribution in [3.8, 4) is 0 Å². The van der Waals surface area contributed by atoms with Crippen molar-refractivity contribution in [2.75, 3.05) is 0 Å². The molecule has 2 aromatic heterocycles. The van der Waals surface area contributed by atoms with E-state index in [-0.39, 0.29) is 0 Å². The molecule has 17 heavy (non-hydrogen) atoms. The van der Waals surface area contributed by atoms with Gasteiger partial charge < -0.3 is 9.67 Å². The predicted molar refractivity (Wildman–Crippen MR) is 76.3 cm³/mol. The highest BCUT2D eigenvalue weighted by Crippen LogP contribution is 2.37. The molecule has 0 aliphatic heterocycles. The van der Waals surface area contributed by atoms with Crippen molar-refractivity contribution >= 4 is 43.2 Å². The van der Waals surface area contributed by atoms with Crippen LogP contribution < -0.4 is 0 Å². The van der Waals surface area contributed by atoms with Gasteiger partial charge in [-0.25, -0.2) is 4.98 Å². The average Bonchev–Trinajstić information content (AvgIpc) is 2.85. The summed E-state index contributed by atoms with van der Waals surface area (Å²) in [7, 11) is 0. The number of hydrogen-bond acceptors (Lipinski definition) is 3. The van der Waals surface area contributed by atoms with Crippen molar-refractivity contribution in [2.24, 2.45) is 0 Å². The Morgan fingerprint density at radius 2 is 2.29 bits per heavy atom. The van der Waals surface area contributed by atoms with Gasteiger partial charge >= 0.3 is 0 Å². The second-order valence-electron chi connectivity index (χ2n) is 3.66. The van der Waals surface area contributed by atoms with E-state index in [0.29, 0.717) is 5.82 Å². The van der Waals surface area contributed by atoms with Gasteiger partial charge in [0.2, 0.25) is 0 Å². The van der Waals surface area contributed by atoms with E-state index < -0.39 is 6.10 Å². The largest absolute Gasteiger partial charge is 0.380 e. The standard InChI is InChI=1S/C11H12Br2N2OS/c1-2-4-15-5-3-14-11(15)9(16)7-6-8(12)17-10(7)13/h3,5-6,9,16H,2,4H2,1H3. The molecule has 0 bridgehead atoms. The molecule has 6 heteroatoms. The lowest BCUT2D eigenvalue weighted by Gasteiger charge is -2.12. The zero-order chi connectivity index (χ0) is 12.4. The Bertz CT molecular complexity index is 509. The Labute approximate surface area is 121 Å². The second-order valence-corrected chi connectivity index (χ2v) is 7.41. The van der Waals surface area contributed by atoms with Crippen LogP contribution in [0.2, 0.25) is 0 Å². The van der Waals surface area contributed by atoms with E-state index in [0.717, 1.165) is 26.1 Å². The highest BCUT2D eigenvalue weighted by molar-refractivity contribution is 9.12. The van der Waals surface area contributed by atoms with Crippen molar-refractivity contribution < 1.29 is 5.11 Å². The van der Waals surface area contributed by atoms with E-state index in [1.165, 1.54) is 0 Å². The van der Waals surface area contributed by atoms with E-state index in [1.807, 2.05) is 16.8 Å². The average molecular weight is 380 g/mol. The molecule has 1 atom stereocenters. The first-order chi connectivity index (χ1) is 8.13. The summed E-state index contributed by atoms with van der Waals surface area (Å²) in [6.07, 6.45) is 3.96. The zero-order valence-electron chi connectivity index (χ0n) is 9.23. The van der Waals surface area contributed by atoms with Crippen molar-refractivity contribution in [3.05, 3.63) is 37.4 Å². The maximum absolute atomic E-state index is 10.4. The van der Waals surface area contributed by atoms with Crippen molar-refractivity contribution in [1.29, 1.82) is 0 Å². The molecule has 0 radical (unpaired) electrons. The van der Waals surface area contributed by atoms with Crippen LogP contribution in [0.4, 0.5) is 0 Å². The Balaban J connectivity index is 2.33. The molecule has 2 heterocycles. The molecule has 3 nitrogen and oxygen atoms in total. The fraction of sp³-hybridized carbons (Fsp3) is 0.364. The SMILES string of the molecule is CCCn1ccnc1C(O)c1cc(Br)sc1Br. The number of aromatic nitrogens is 2. The van der Waals surface area contributed by atoms with Gasteiger partial charge in [-0.05, 0) is 44.3 Å². The number of hydrogen-bond donors (Lipinski definition) is 1. The first kappa shape index (κ1) is 13.3. The number of halogens is 2. The third-order valence-corrected chi connectivity index (χ3v) is 4.82. The molecule has 0 saturated heterocycles. The monoisotopic (exact) mass is 378 g/mol. The van der Waals surface area contributed by atoms with Crippen LogP contribution in [0.1, 0.15) is 30.8 Å². The predicted octanol–water partition coefficient (Wildman–Crippen LogP) is 3.96. The fourth-order valence-corrected chi connectivity index (χ4v) is 4.56. The maximum Gasteiger partial charge on any atom is 0.142 e. The van der Waals surface area contributed by atoms with E-state index >= 15 is 0 Å². The first-order valence-corrected chi connectivity index (χ1v) is 7.67. The van der Waals surface area contributed by atoms with Gasteiger partial charge in [0.15, 0.2) is 0 Å². The molecule has 2 aromatic rings. The number of aliphatic hydroxyl groups excluding tert-OH is 1. The Kier molecular flexibility index (Phi) is 4.41. The summed E-state index contributed by atoms with van der Waals surface area (Å²) in [4.78, 5) is 4.24. The number of thiophene rings is 1. The molecule has 0 aliphatic carbocycles. The van der Waals surface area contributed by atoms with E-state index in [2.05, 4.69) is 43.8 Å². The lowest BCUT2D eigenvalue weighted by molar-refractivity contribution is 0.204. The van der Waals surface area contributed by atoms with Gasteiger partial charge in [0.1, 0.15) is 11.9 Å². The normalized spacial score (nSPS) is 12.9. The highest BCUT2D eigenvalue weighted by Gasteiger charge is 2.20. The van der Waals surface area contributed by atoms with Crippen molar-refractivity contribution in [1.82, 2.24) is 9.55 Å². The number of aryl methyl sites for hydroxylation is 1. The van der Waals surface area contributed by atoms with E-state index in [9.17, 15) is 5.11 Å². The summed E-state index contributed by atoms with van der Waals surface area (Å²) in [6, 6.07) is 1.92. The first-order valence-electron chi connectivity index (χ1n) is 5.27. The summed E-state index contributed by atoms with van der Waals surface area (Å²) >= 11 is 8.42. The molecule has 0 saturated carbocycles. The van der Waals surface area contributed by atoms with Crippen molar-refractivity contribution in [3.63, 3.8) is 0 Å². The molecule has 0 amide bonds. The molecule has 1 N–H and O–H groups in total. The minimum absolute atomic E-state index is 0.687. The number of nitrogens with zero attached hydrogens (tertiary/aromatic N) is 2. The van der Waals surface area contributed by atoms with Crippen LogP contribution in [-0.2, 0) is 6.54 Å². The molecule has 2 rings (SSSR count). The Morgan fingerprint density at radius 3 is 2.88 bits per heavy atom. The minimum atomic E-state index is -0.687. The molecule has 0 aromatic carbocycles. The highest BCUT2D eigenvalue weighted by atomic mass is 79.9. The van der Waals surface area contributed by atoms with Gasteiger partial charge in [0, 0.05) is 24.5 Å². The quantitative estimate of drug-likeness (QED) is 0.872. The lowest BCUT2D eigenvalue weighted by atomic mass is 10.2. The molecule has 0 aliphatic rings. The summed E-state index contributed by atoms with van der Waals surface area (Å²) in [5, 5.41) is 10.4. The zero-order valence-corrected chi connectivity index (χ0v) is 13.2. The molecule has 0 fully saturated rings. The third-order valence-electron chi connectivity index (χ3n) is 2.43. The van der Waals surface area contributed by atoms with E-state index in [1.54, 1.807) is 17.5 Å². The smallest absolute Gasteiger partial charge is 0.142 e. The maximum atomic E-state index is 10.4. The third kappa shape index (κ3) is 2.81. The molecular weight excluding hydrogens is 368 g/mol. The van der Waals surface area contributed by atoms with Gasteiger partial charge in [0.25, 0.3) is 0 Å². The Morgan fingerprint density at radius 1 is 1.53 bits per heavy atom. The fourth-order valence-electron chi connectivity index (χ4n) is 1.68. The summed E-state index contributed by atoms with van der Waals surface area (Å²) in [5.41, 5.74) is 0.852. The second kappa shape index (κ2) is 5.65. The molecule has 0 spiro atoms. The summed E-state index contributed by atoms with van der Waals surface area (Å²) in [6.45, 7) is 2.97. The van der Waals surface area contributed by atoms with Crippen molar-refractivity contribution in [2.45, 2.75) is 26.0 Å². The topological polar surface area (TPSA) is 38.0 Å². The summed E-state index contributed by atoms with van der Waals surface area (Å²) in [5.74, 6) is 0.692. The molecule has 92 valence electrons. The van der Waals surface area contributed by atoms with Crippen LogP contribution in [-0.4, -0.2) is 14.7 Å². The number of aliphatic hydroxyl groups is 1. The van der Waals surface area contributed by atoms with Crippen LogP contribution in [0.25, 0.3) is 0 Å². The van der Waals surface area contributed by atoms with Gasteiger partial charge in [0.05, 0.1) is 7.57 Å². The van der Waals surface area contributed by atoms with Gasteiger partial charge in [-0.15, -0.1) is 11.3 Å². The summed E-state index contributed by atoms with van der Waals surface area (Å²) < 4.78 is 3.91. The van der Waals surface area contributed by atoms with Crippen LogP contribution >= 0.6 is 43.2 Å². The number of imidazole rings is 1. The van der Waals surface area contributed by atoms with Crippen LogP contribution in [0.15, 0.2) is 26.0 Å². The minimum Gasteiger partial charge on any atom is -0.380 e. The lowest BCUT2D eigenvalue weighted by Crippen LogP contribution is -2.09. The van der Waals surface area contributed by atoms with Crippen LogP contribution in [0.3, 0.4) is 0 Å². The van der Waals surface area contributed by atoms with Crippen LogP contribution in [0, 0.1) is 0 Å². The molecular formula is C11H12Br2N2OS. The van der Waals surface area contributed by atoms with E-state index in [4.69, 9.17) is 0 Å². The van der Waals surface area contributed by atoms with Crippen LogP contribution in [0.5, 0.6) is 0 Å². The van der Waals surface area contributed by atoms with Gasteiger partial charge in [-0.2, -0.15) is 0 Å². The Hall–Kier alpha value is -0.170. The molecule has 1 unspecified atom stereocenters.